The maximum absolute atomic E-state index is 13.0. The largest absolute Gasteiger partial charge is 0.393 e. The second-order valence-corrected chi connectivity index (χ2v) is 9.86. The van der Waals surface area contributed by atoms with Crippen LogP contribution in [0.25, 0.3) is 16.8 Å². The molecular weight excluding hydrogens is 504 g/mol. The molecule has 0 radical (unpaired) electrons. The molecule has 40 heavy (non-hydrogen) atoms. The zero-order valence-electron chi connectivity index (χ0n) is 22.3. The van der Waals surface area contributed by atoms with Crippen molar-refractivity contribution in [3.8, 4) is 16.8 Å². The van der Waals surface area contributed by atoms with Crippen molar-refractivity contribution in [3.63, 3.8) is 0 Å². The lowest BCUT2D eigenvalue weighted by Crippen LogP contribution is -2.27. The van der Waals surface area contributed by atoms with Crippen molar-refractivity contribution in [3.05, 3.63) is 106 Å². The number of aliphatic hydroxyl groups is 1. The summed E-state index contributed by atoms with van der Waals surface area (Å²) in [4.78, 5) is 30.3. The number of carbonyl (C=O) groups is 1. The molecule has 1 fully saturated rings. The van der Waals surface area contributed by atoms with Gasteiger partial charge in [-0.3, -0.25) is 19.1 Å². The quantitative estimate of drug-likeness (QED) is 0.239. The summed E-state index contributed by atoms with van der Waals surface area (Å²) in [5.41, 5.74) is 10.5. The number of nitrogens with zero attached hydrogens (tertiary/aromatic N) is 4. The van der Waals surface area contributed by atoms with E-state index in [0.717, 1.165) is 42.5 Å². The van der Waals surface area contributed by atoms with Crippen LogP contribution in [0.1, 0.15) is 53.3 Å². The van der Waals surface area contributed by atoms with Gasteiger partial charge >= 0.3 is 0 Å². The topological polar surface area (TPSA) is 127 Å². The minimum atomic E-state index is -0.491. The molecule has 204 valence electrons. The zero-order chi connectivity index (χ0) is 28.2. The van der Waals surface area contributed by atoms with Crippen LogP contribution >= 0.6 is 0 Å². The Morgan fingerprint density at radius 1 is 1.02 bits per heavy atom. The van der Waals surface area contributed by atoms with Crippen molar-refractivity contribution in [2.45, 2.75) is 37.7 Å². The number of amidine groups is 1. The number of benzene rings is 2. The number of nitrogens with one attached hydrogen (secondary N) is 1. The number of aromatic nitrogens is 2. The summed E-state index contributed by atoms with van der Waals surface area (Å²) in [6.07, 6.45) is 4.54. The van der Waals surface area contributed by atoms with Crippen molar-refractivity contribution < 1.29 is 9.90 Å². The molecular formula is C31H32N6O3. The first-order valence-electron chi connectivity index (χ1n) is 13.2. The fourth-order valence-electron chi connectivity index (χ4n) is 5.30. The molecule has 1 amide bonds. The third-order valence-corrected chi connectivity index (χ3v) is 7.42. The van der Waals surface area contributed by atoms with Crippen molar-refractivity contribution in [2.75, 3.05) is 12.4 Å². The Balaban J connectivity index is 1.43. The molecule has 1 aliphatic rings. The Morgan fingerprint density at radius 2 is 1.73 bits per heavy atom. The lowest BCUT2D eigenvalue weighted by molar-refractivity contribution is 0.102. The minimum Gasteiger partial charge on any atom is -0.393 e. The molecule has 0 atom stereocenters. The number of nitrogens with two attached hydrogens (primary N) is 1. The van der Waals surface area contributed by atoms with E-state index in [1.807, 2.05) is 42.5 Å². The molecule has 2 aromatic heterocycles. The fraction of sp³-hybridized carbons (Fsp3) is 0.226. The van der Waals surface area contributed by atoms with E-state index >= 15 is 0 Å². The Morgan fingerprint density at radius 3 is 2.38 bits per heavy atom. The first-order valence-corrected chi connectivity index (χ1v) is 13.2. The molecule has 0 aliphatic heterocycles. The summed E-state index contributed by atoms with van der Waals surface area (Å²) in [6.45, 7) is 3.77. The molecule has 0 spiro atoms. The highest BCUT2D eigenvalue weighted by atomic mass is 16.3. The highest BCUT2D eigenvalue weighted by Gasteiger charge is 2.27. The van der Waals surface area contributed by atoms with Gasteiger partial charge in [-0.15, -0.1) is 0 Å². The number of carbonyl (C=O) groups excluding carboxylic acids is 1. The van der Waals surface area contributed by atoms with E-state index < -0.39 is 11.5 Å². The van der Waals surface area contributed by atoms with Gasteiger partial charge in [0.1, 0.15) is 17.1 Å². The molecule has 4 aromatic rings. The second kappa shape index (κ2) is 11.5. The van der Waals surface area contributed by atoms with Crippen molar-refractivity contribution >= 4 is 24.1 Å². The molecule has 2 heterocycles. The number of hydrogen-bond donors (Lipinski definition) is 3. The zero-order valence-corrected chi connectivity index (χ0v) is 22.3. The third-order valence-electron chi connectivity index (χ3n) is 7.42. The van der Waals surface area contributed by atoms with Gasteiger partial charge in [0.05, 0.1) is 6.10 Å². The first kappa shape index (κ1) is 26.8. The van der Waals surface area contributed by atoms with Crippen LogP contribution in [-0.2, 0) is 0 Å². The molecule has 4 N–H and O–H groups in total. The SMILES string of the molecule is C=Nn1c(C2CCC(O)CC2)cc(-c2ccc(NC(=O)c3cccn(-c4ccccc4)c3=O)cc2)c1C(N)=NC. The number of anilines is 1. The van der Waals surface area contributed by atoms with Crippen LogP contribution in [0, 0.1) is 0 Å². The first-order chi connectivity index (χ1) is 19.4. The smallest absolute Gasteiger partial charge is 0.267 e. The van der Waals surface area contributed by atoms with E-state index in [2.05, 4.69) is 28.2 Å². The van der Waals surface area contributed by atoms with Crippen LogP contribution in [0.5, 0.6) is 0 Å². The van der Waals surface area contributed by atoms with E-state index in [-0.39, 0.29) is 17.6 Å². The molecule has 0 saturated heterocycles. The van der Waals surface area contributed by atoms with Gasteiger partial charge in [0.2, 0.25) is 0 Å². The number of rotatable bonds is 7. The second-order valence-electron chi connectivity index (χ2n) is 9.86. The van der Waals surface area contributed by atoms with Crippen molar-refractivity contribution in [1.82, 2.24) is 9.24 Å². The molecule has 0 unspecified atom stereocenters. The van der Waals surface area contributed by atoms with Crippen molar-refractivity contribution in [2.24, 2.45) is 15.8 Å². The average Bonchev–Trinajstić information content (AvgIpc) is 3.37. The molecule has 1 aliphatic carbocycles. The normalized spacial score (nSPS) is 17.4. The molecule has 9 nitrogen and oxygen atoms in total. The summed E-state index contributed by atoms with van der Waals surface area (Å²) in [6, 6.07) is 21.7. The van der Waals surface area contributed by atoms with E-state index in [9.17, 15) is 14.7 Å². The van der Waals surface area contributed by atoms with Crippen LogP contribution in [0.3, 0.4) is 0 Å². The van der Waals surface area contributed by atoms with Crippen LogP contribution in [0.4, 0.5) is 5.69 Å². The Hall–Kier alpha value is -4.76. The van der Waals surface area contributed by atoms with Crippen LogP contribution in [0.2, 0.25) is 0 Å². The van der Waals surface area contributed by atoms with Crippen LogP contribution < -0.4 is 16.6 Å². The number of aliphatic hydroxyl groups excluding tert-OH is 1. The third kappa shape index (κ3) is 5.23. The number of para-hydroxylation sites is 1. The fourth-order valence-corrected chi connectivity index (χ4v) is 5.30. The number of hydrogen-bond acceptors (Lipinski definition) is 5. The van der Waals surface area contributed by atoms with Gasteiger partial charge in [0.25, 0.3) is 11.5 Å². The van der Waals surface area contributed by atoms with E-state index in [4.69, 9.17) is 5.73 Å². The lowest BCUT2D eigenvalue weighted by atomic mass is 9.85. The summed E-state index contributed by atoms with van der Waals surface area (Å²) >= 11 is 0. The Kier molecular flexibility index (Phi) is 7.75. The van der Waals surface area contributed by atoms with Crippen LogP contribution in [0.15, 0.2) is 93.9 Å². The standard InChI is InChI=1S/C31H32N6O3/c1-33-29(32)28-26(19-27(37(28)34-2)21-12-16-24(38)17-13-21)20-10-14-22(15-11-20)35-30(39)25-9-6-18-36(31(25)40)23-7-4-3-5-8-23/h3-11,14-15,18-19,21,24,38H,2,12-13,16-17H2,1H3,(H2,32,33)(H,35,39). The lowest BCUT2D eigenvalue weighted by Gasteiger charge is -2.25. The van der Waals surface area contributed by atoms with Crippen LogP contribution in [-0.4, -0.2) is 46.0 Å². The Bertz CT molecular complexity index is 1610. The highest BCUT2D eigenvalue weighted by molar-refractivity contribution is 6.05. The summed E-state index contributed by atoms with van der Waals surface area (Å²) in [7, 11) is 1.63. The van der Waals surface area contributed by atoms with E-state index in [1.54, 1.807) is 36.1 Å². The minimum absolute atomic E-state index is 0.0426. The highest BCUT2D eigenvalue weighted by Crippen LogP contribution is 2.38. The summed E-state index contributed by atoms with van der Waals surface area (Å²) < 4.78 is 3.20. The van der Waals surface area contributed by atoms with Gasteiger partial charge < -0.3 is 16.2 Å². The van der Waals surface area contributed by atoms with Gasteiger partial charge in [0, 0.05) is 48.5 Å². The summed E-state index contributed by atoms with van der Waals surface area (Å²) in [5.74, 6) is 0.0610. The maximum atomic E-state index is 13.0. The maximum Gasteiger partial charge on any atom is 0.267 e. The van der Waals surface area contributed by atoms with Crippen molar-refractivity contribution in [1.29, 1.82) is 0 Å². The molecule has 1 saturated carbocycles. The molecule has 0 bridgehead atoms. The van der Waals surface area contributed by atoms with Gasteiger partial charge in [-0.1, -0.05) is 30.3 Å². The number of pyridine rings is 1. The Labute approximate surface area is 232 Å². The monoisotopic (exact) mass is 536 g/mol. The number of amides is 1. The van der Waals surface area contributed by atoms with Gasteiger partial charge in [0.15, 0.2) is 0 Å². The van der Waals surface area contributed by atoms with Gasteiger partial charge in [-0.05, 0) is 73.7 Å². The number of aliphatic imine (C=N–C) groups is 1. The molecule has 5 rings (SSSR count). The predicted molar refractivity (Wildman–Crippen MR) is 159 cm³/mol. The van der Waals surface area contributed by atoms with E-state index in [0.29, 0.717) is 22.9 Å². The molecule has 2 aromatic carbocycles. The average molecular weight is 537 g/mol. The summed E-state index contributed by atoms with van der Waals surface area (Å²) in [5, 5.41) is 17.1. The van der Waals surface area contributed by atoms with Gasteiger partial charge in [-0.2, -0.15) is 5.10 Å². The predicted octanol–water partition coefficient (Wildman–Crippen LogP) is 4.38. The van der Waals surface area contributed by atoms with Gasteiger partial charge in [-0.25, -0.2) is 4.68 Å². The van der Waals surface area contributed by atoms with E-state index in [1.165, 1.54) is 10.6 Å². The molecule has 9 heteroatoms.